The molecule has 1 N–H and O–H groups in total. The lowest BCUT2D eigenvalue weighted by atomic mass is 9.33. The van der Waals surface area contributed by atoms with E-state index in [1.165, 1.54) is 61.0 Å². The number of allylic oxidation sites excluding steroid dienone is 2. The predicted molar refractivity (Wildman–Crippen MR) is 224 cm³/mol. The first-order chi connectivity index (χ1) is 26.2. The van der Waals surface area contributed by atoms with Gasteiger partial charge in [-0.3, -0.25) is 30.3 Å². The summed E-state index contributed by atoms with van der Waals surface area (Å²) in [5.74, 6) is 2.75. The summed E-state index contributed by atoms with van der Waals surface area (Å²) in [6.07, 6.45) is 12.5. The van der Waals surface area contributed by atoms with Gasteiger partial charge in [0.25, 0.3) is 11.4 Å². The highest BCUT2D eigenvalue weighted by molar-refractivity contribution is 7.80. The molecule has 4 saturated carbocycles. The van der Waals surface area contributed by atoms with Gasteiger partial charge in [-0.2, -0.15) is 5.10 Å². The number of nitro groups is 3. The molecule has 56 heavy (non-hydrogen) atoms. The Balaban J connectivity index is 1.27. The van der Waals surface area contributed by atoms with Crippen LogP contribution in [0.4, 0.5) is 28.4 Å². The number of thiocarbonyl (C=S) groups is 1. The van der Waals surface area contributed by atoms with E-state index in [9.17, 15) is 30.3 Å². The number of nitrogens with one attached hydrogen (secondary N) is 1. The van der Waals surface area contributed by atoms with Gasteiger partial charge in [0.1, 0.15) is 11.4 Å². The Bertz CT molecular complexity index is 2070. The summed E-state index contributed by atoms with van der Waals surface area (Å²) >= 11 is 5.84. The van der Waals surface area contributed by atoms with Gasteiger partial charge in [-0.25, -0.2) is 5.01 Å². The molecule has 0 heterocycles. The van der Waals surface area contributed by atoms with E-state index in [1.54, 1.807) is 11.6 Å². The molecule has 9 atom stereocenters. The van der Waals surface area contributed by atoms with Crippen LogP contribution in [0.3, 0.4) is 0 Å². The van der Waals surface area contributed by atoms with Crippen LogP contribution in [-0.4, -0.2) is 25.6 Å². The van der Waals surface area contributed by atoms with Crippen LogP contribution in [0.15, 0.2) is 59.2 Å². The molecule has 0 radical (unpaired) electrons. The van der Waals surface area contributed by atoms with E-state index in [2.05, 4.69) is 66.8 Å². The van der Waals surface area contributed by atoms with Crippen LogP contribution in [-0.2, 0) is 0 Å². The number of hydrazone groups is 1. The number of para-hydroxylation sites is 2. The van der Waals surface area contributed by atoms with Gasteiger partial charge in [0, 0.05) is 23.3 Å². The van der Waals surface area contributed by atoms with Crippen molar-refractivity contribution in [3.8, 4) is 0 Å². The summed E-state index contributed by atoms with van der Waals surface area (Å²) in [5.41, 5.74) is 1.54. The number of nitro benzene ring substituents is 3. The SMILES string of the molecule is C[C@H]1[C@H](C)CC[C@]2(C)CC[C@]3(C)C(=CC[C@@H]4[C@@]5(C)CC/C(=N\N(C(=S)Nc6ccccc6[N+](=O)[O-])c6ccc([N+](=O)[O-])cc6[N+](=O)[O-])C(C)(C)[C@@H]5CC[C@]43C)[C@H]12. The Labute approximate surface area is 335 Å². The molecule has 0 aliphatic heterocycles. The highest BCUT2D eigenvalue weighted by atomic mass is 32.1. The second kappa shape index (κ2) is 13.7. The standard InChI is InChI=1S/C43H56N6O6S/c1-26-17-20-40(5)23-24-42(7)29(37(40)27(26)2)14-16-35-41(6)21-19-36(39(3,4)34(41)18-22-43(35,42)8)45-46(32-15-13-28(47(50)51)25-33(32)49(54)55)38(56)44-30-11-9-10-12-31(30)48(52)53/h9-15,25-27,34-35,37H,16-24H2,1-8H3,(H,44,56)/b45-36+/t26-,27+,34+,35-,37+,40-,41+,42-,43-/m1/s1. The number of rotatable bonds is 6. The Hall–Kier alpha value is -4.26. The Morgan fingerprint density at radius 2 is 1.54 bits per heavy atom. The third-order valence-corrected chi connectivity index (χ3v) is 16.8. The van der Waals surface area contributed by atoms with Crippen molar-refractivity contribution in [3.05, 3.63) is 84.5 Å². The first kappa shape index (κ1) is 40.0. The maximum Gasteiger partial charge on any atom is 0.301 e. The van der Waals surface area contributed by atoms with E-state index in [4.69, 9.17) is 17.3 Å². The second-order valence-electron chi connectivity index (χ2n) is 19.3. The van der Waals surface area contributed by atoms with Crippen molar-refractivity contribution in [2.45, 2.75) is 113 Å². The molecule has 2 aromatic rings. The molecule has 0 unspecified atom stereocenters. The average molecular weight is 785 g/mol. The lowest BCUT2D eigenvalue weighted by molar-refractivity contribution is -0.393. The first-order valence-electron chi connectivity index (χ1n) is 20.3. The minimum atomic E-state index is -0.692. The van der Waals surface area contributed by atoms with Crippen molar-refractivity contribution >= 4 is 51.5 Å². The van der Waals surface area contributed by atoms with E-state index in [0.717, 1.165) is 43.4 Å². The van der Waals surface area contributed by atoms with Crippen molar-refractivity contribution in [1.29, 1.82) is 0 Å². The van der Waals surface area contributed by atoms with Gasteiger partial charge in [0.15, 0.2) is 5.11 Å². The summed E-state index contributed by atoms with van der Waals surface area (Å²) in [6, 6.07) is 9.35. The van der Waals surface area contributed by atoms with Crippen LogP contribution in [0.1, 0.15) is 113 Å². The molecule has 0 spiro atoms. The van der Waals surface area contributed by atoms with Gasteiger partial charge < -0.3 is 5.32 Å². The van der Waals surface area contributed by atoms with Gasteiger partial charge in [-0.15, -0.1) is 0 Å². The number of nitrogens with zero attached hydrogens (tertiary/aromatic N) is 5. The molecule has 0 bridgehead atoms. The van der Waals surface area contributed by atoms with E-state index in [1.807, 2.05) is 0 Å². The quantitative estimate of drug-likeness (QED) is 0.130. The Morgan fingerprint density at radius 3 is 2.21 bits per heavy atom. The van der Waals surface area contributed by atoms with Crippen molar-refractivity contribution in [2.24, 2.45) is 61.8 Å². The van der Waals surface area contributed by atoms with Gasteiger partial charge in [-0.1, -0.05) is 79.2 Å². The third-order valence-electron chi connectivity index (χ3n) is 16.5. The summed E-state index contributed by atoms with van der Waals surface area (Å²) < 4.78 is 0. The fraction of sp³-hybridized carbons (Fsp3) is 0.628. The lowest BCUT2D eigenvalue weighted by Crippen LogP contribution is -2.64. The first-order valence-corrected chi connectivity index (χ1v) is 20.7. The molecule has 2 aromatic carbocycles. The molecule has 5 aliphatic rings. The van der Waals surface area contributed by atoms with Crippen LogP contribution >= 0.6 is 12.2 Å². The lowest BCUT2D eigenvalue weighted by Gasteiger charge is -2.71. The van der Waals surface area contributed by atoms with Gasteiger partial charge >= 0.3 is 5.69 Å². The predicted octanol–water partition coefficient (Wildman–Crippen LogP) is 11.6. The molecule has 300 valence electrons. The molecule has 5 aliphatic carbocycles. The largest absolute Gasteiger partial charge is 0.325 e. The third kappa shape index (κ3) is 5.97. The van der Waals surface area contributed by atoms with Gasteiger partial charge in [0.2, 0.25) is 0 Å². The Morgan fingerprint density at radius 1 is 0.839 bits per heavy atom. The van der Waals surface area contributed by atoms with Crippen LogP contribution < -0.4 is 10.3 Å². The number of hydrogen-bond donors (Lipinski definition) is 1. The fourth-order valence-electron chi connectivity index (χ4n) is 13.0. The summed E-state index contributed by atoms with van der Waals surface area (Å²) in [6.45, 7) is 19.7. The summed E-state index contributed by atoms with van der Waals surface area (Å²) in [5, 5.41) is 45.2. The van der Waals surface area contributed by atoms with Crippen molar-refractivity contribution in [1.82, 2.24) is 0 Å². The minimum absolute atomic E-state index is 0.000375. The zero-order valence-corrected chi connectivity index (χ0v) is 34.8. The summed E-state index contributed by atoms with van der Waals surface area (Å²) in [4.78, 5) is 34.1. The second-order valence-corrected chi connectivity index (χ2v) is 19.7. The molecular weight excluding hydrogens is 729 g/mol. The van der Waals surface area contributed by atoms with E-state index in [-0.39, 0.29) is 44.3 Å². The van der Waals surface area contributed by atoms with E-state index >= 15 is 0 Å². The van der Waals surface area contributed by atoms with Crippen molar-refractivity contribution < 1.29 is 14.8 Å². The fourth-order valence-corrected chi connectivity index (χ4v) is 13.3. The highest BCUT2D eigenvalue weighted by Gasteiger charge is 2.68. The highest BCUT2D eigenvalue weighted by Crippen LogP contribution is 2.75. The topological polar surface area (TPSA) is 157 Å². The number of anilines is 2. The molecule has 0 aromatic heterocycles. The van der Waals surface area contributed by atoms with Crippen LogP contribution in [0, 0.1) is 87.0 Å². The van der Waals surface area contributed by atoms with Crippen LogP contribution in [0.2, 0.25) is 0 Å². The number of benzene rings is 2. The van der Waals surface area contributed by atoms with Crippen LogP contribution in [0.25, 0.3) is 0 Å². The number of fused-ring (bicyclic) bond motifs is 7. The average Bonchev–Trinajstić information content (AvgIpc) is 3.13. The number of hydrogen-bond acceptors (Lipinski definition) is 8. The zero-order chi connectivity index (χ0) is 40.7. The maximum atomic E-state index is 12.4. The minimum Gasteiger partial charge on any atom is -0.325 e. The molecule has 7 rings (SSSR count). The van der Waals surface area contributed by atoms with Crippen molar-refractivity contribution in [2.75, 3.05) is 10.3 Å². The molecule has 0 amide bonds. The monoisotopic (exact) mass is 784 g/mol. The molecular formula is C43H56N6O6S. The maximum absolute atomic E-state index is 12.4. The molecule has 12 nitrogen and oxygen atoms in total. The molecule has 4 fully saturated rings. The van der Waals surface area contributed by atoms with Crippen LogP contribution in [0.5, 0.6) is 0 Å². The Kier molecular flexibility index (Phi) is 9.77. The summed E-state index contributed by atoms with van der Waals surface area (Å²) in [7, 11) is 0. The van der Waals surface area contributed by atoms with Gasteiger partial charge in [-0.05, 0) is 133 Å². The number of non-ortho nitro benzene ring substituents is 1. The van der Waals surface area contributed by atoms with Gasteiger partial charge in [0.05, 0.1) is 20.8 Å². The van der Waals surface area contributed by atoms with E-state index in [0.29, 0.717) is 29.6 Å². The van der Waals surface area contributed by atoms with E-state index < -0.39 is 31.6 Å². The zero-order valence-electron chi connectivity index (χ0n) is 34.0. The normalized spacial score (nSPS) is 36.5. The smallest absolute Gasteiger partial charge is 0.301 e. The molecule has 0 saturated heterocycles. The van der Waals surface area contributed by atoms with Crippen molar-refractivity contribution in [3.63, 3.8) is 0 Å². The molecule has 13 heteroatoms.